The van der Waals surface area contributed by atoms with Crippen LogP contribution in [0.2, 0.25) is 5.02 Å². The van der Waals surface area contributed by atoms with Gasteiger partial charge >= 0.3 is 0 Å². The van der Waals surface area contributed by atoms with E-state index in [4.69, 9.17) is 11.6 Å². The number of rotatable bonds is 8. The van der Waals surface area contributed by atoms with Crippen molar-refractivity contribution in [1.82, 2.24) is 5.32 Å². The number of halogens is 1. The van der Waals surface area contributed by atoms with Crippen LogP contribution in [0.4, 0.5) is 11.4 Å². The van der Waals surface area contributed by atoms with E-state index >= 15 is 0 Å². The van der Waals surface area contributed by atoms with Gasteiger partial charge in [0.1, 0.15) is 0 Å². The van der Waals surface area contributed by atoms with Gasteiger partial charge in [-0.2, -0.15) is 0 Å². The number of amides is 2. The number of hydrogen-bond acceptors (Lipinski definition) is 4. The van der Waals surface area contributed by atoms with Gasteiger partial charge < -0.3 is 16.0 Å². The molecule has 0 atom stereocenters. The lowest BCUT2D eigenvalue weighted by molar-refractivity contribution is -0.122. The van der Waals surface area contributed by atoms with Gasteiger partial charge in [0.25, 0.3) is 0 Å². The van der Waals surface area contributed by atoms with Crippen molar-refractivity contribution in [2.75, 3.05) is 23.7 Å². The Labute approximate surface area is 185 Å². The van der Waals surface area contributed by atoms with E-state index in [1.165, 1.54) is 0 Å². The second kappa shape index (κ2) is 10.7. The first-order valence-corrected chi connectivity index (χ1v) is 10.6. The van der Waals surface area contributed by atoms with E-state index in [0.717, 1.165) is 21.0 Å². The highest BCUT2D eigenvalue weighted by Gasteiger charge is 2.10. The van der Waals surface area contributed by atoms with Crippen LogP contribution in [0, 0.1) is 6.92 Å². The molecule has 2 amide bonds. The molecule has 7 heteroatoms. The average molecular weight is 440 g/mol. The molecule has 0 radical (unpaired) electrons. The van der Waals surface area contributed by atoms with Crippen LogP contribution < -0.4 is 16.0 Å². The number of benzene rings is 3. The topological polar surface area (TPSA) is 70.2 Å². The van der Waals surface area contributed by atoms with Crippen molar-refractivity contribution in [3.05, 3.63) is 83.4 Å². The molecule has 0 aliphatic heterocycles. The molecule has 0 spiro atoms. The lowest BCUT2D eigenvalue weighted by Crippen LogP contribution is -2.36. The van der Waals surface area contributed by atoms with Crippen LogP contribution in [0.5, 0.6) is 0 Å². The van der Waals surface area contributed by atoms with E-state index in [1.54, 1.807) is 30.0 Å². The summed E-state index contributed by atoms with van der Waals surface area (Å²) in [6.45, 7) is 1.77. The number of carbonyl (C=O) groups is 2. The molecule has 154 valence electrons. The third kappa shape index (κ3) is 6.27. The van der Waals surface area contributed by atoms with Crippen molar-refractivity contribution in [3.8, 4) is 0 Å². The highest BCUT2D eigenvalue weighted by molar-refractivity contribution is 7.99. The van der Waals surface area contributed by atoms with E-state index in [0.29, 0.717) is 10.7 Å². The van der Waals surface area contributed by atoms with Crippen LogP contribution in [0.3, 0.4) is 0 Å². The minimum atomic E-state index is -0.311. The van der Waals surface area contributed by atoms with Crippen LogP contribution in [0.25, 0.3) is 0 Å². The number of nitrogens with one attached hydrogen (secondary N) is 3. The van der Waals surface area contributed by atoms with Gasteiger partial charge in [-0.1, -0.05) is 59.8 Å². The van der Waals surface area contributed by atoms with Gasteiger partial charge in [-0.15, -0.1) is 0 Å². The Balaban J connectivity index is 1.49. The monoisotopic (exact) mass is 439 g/mol. The van der Waals surface area contributed by atoms with Crippen LogP contribution in [0.15, 0.2) is 82.6 Å². The predicted molar refractivity (Wildman–Crippen MR) is 123 cm³/mol. The van der Waals surface area contributed by atoms with Gasteiger partial charge in [0.2, 0.25) is 11.8 Å². The zero-order chi connectivity index (χ0) is 21.3. The number of anilines is 2. The zero-order valence-corrected chi connectivity index (χ0v) is 18.0. The molecule has 0 saturated carbocycles. The summed E-state index contributed by atoms with van der Waals surface area (Å²) < 4.78 is 0. The van der Waals surface area contributed by atoms with E-state index in [9.17, 15) is 9.59 Å². The van der Waals surface area contributed by atoms with Gasteiger partial charge in [0.05, 0.1) is 13.1 Å². The molecule has 3 rings (SSSR count). The SMILES string of the molecule is Cc1c(Cl)cccc1NC(=O)CNC(=O)CNc1ccccc1Sc1ccccc1. The lowest BCUT2D eigenvalue weighted by Gasteiger charge is -2.12. The Bertz CT molecular complexity index is 1030. The summed E-state index contributed by atoms with van der Waals surface area (Å²) in [4.78, 5) is 26.4. The van der Waals surface area contributed by atoms with Crippen molar-refractivity contribution in [1.29, 1.82) is 0 Å². The van der Waals surface area contributed by atoms with Crippen LogP contribution in [-0.4, -0.2) is 24.9 Å². The Hall–Kier alpha value is -2.96. The van der Waals surface area contributed by atoms with E-state index in [1.807, 2.05) is 61.5 Å². The first-order chi connectivity index (χ1) is 14.5. The van der Waals surface area contributed by atoms with E-state index in [-0.39, 0.29) is 24.9 Å². The maximum absolute atomic E-state index is 12.2. The molecule has 0 bridgehead atoms. The molecule has 0 aromatic heterocycles. The van der Waals surface area contributed by atoms with Gasteiger partial charge in [-0.25, -0.2) is 0 Å². The summed E-state index contributed by atoms with van der Waals surface area (Å²) in [5.41, 5.74) is 2.28. The maximum atomic E-state index is 12.2. The van der Waals surface area contributed by atoms with Gasteiger partial charge in [0, 0.05) is 26.2 Å². The summed E-state index contributed by atoms with van der Waals surface area (Å²) in [5, 5.41) is 9.10. The fraction of sp³-hybridized carbons (Fsp3) is 0.130. The molecule has 3 aromatic carbocycles. The normalized spacial score (nSPS) is 10.3. The van der Waals surface area contributed by atoms with Gasteiger partial charge in [-0.05, 0) is 48.9 Å². The van der Waals surface area contributed by atoms with Crippen LogP contribution in [-0.2, 0) is 9.59 Å². The molecular formula is C23H22ClN3O2S. The first-order valence-electron chi connectivity index (χ1n) is 9.40. The number of para-hydroxylation sites is 1. The molecule has 0 fully saturated rings. The Morgan fingerprint density at radius 1 is 0.833 bits per heavy atom. The molecule has 0 aliphatic carbocycles. The third-order valence-electron chi connectivity index (χ3n) is 4.29. The van der Waals surface area contributed by atoms with Gasteiger partial charge in [0.15, 0.2) is 0 Å². The quantitative estimate of drug-likeness (QED) is 0.463. The molecule has 0 heterocycles. The summed E-state index contributed by atoms with van der Waals surface area (Å²) in [5.74, 6) is -0.582. The molecule has 0 unspecified atom stereocenters. The highest BCUT2D eigenvalue weighted by atomic mass is 35.5. The summed E-state index contributed by atoms with van der Waals surface area (Å²) in [6.07, 6.45) is 0. The number of hydrogen-bond donors (Lipinski definition) is 3. The Kier molecular flexibility index (Phi) is 7.76. The zero-order valence-electron chi connectivity index (χ0n) is 16.4. The molecule has 30 heavy (non-hydrogen) atoms. The minimum absolute atomic E-state index is 0.0653. The predicted octanol–water partition coefficient (Wildman–Crippen LogP) is 4.97. The Morgan fingerprint density at radius 3 is 2.33 bits per heavy atom. The summed E-state index contributed by atoms with van der Waals surface area (Å²) in [6, 6.07) is 23.1. The molecular weight excluding hydrogens is 418 g/mol. The molecule has 0 saturated heterocycles. The highest BCUT2D eigenvalue weighted by Crippen LogP contribution is 2.33. The van der Waals surface area contributed by atoms with Crippen molar-refractivity contribution < 1.29 is 9.59 Å². The van der Waals surface area contributed by atoms with Crippen molar-refractivity contribution in [2.45, 2.75) is 16.7 Å². The van der Waals surface area contributed by atoms with Crippen molar-refractivity contribution in [3.63, 3.8) is 0 Å². The largest absolute Gasteiger partial charge is 0.375 e. The minimum Gasteiger partial charge on any atom is -0.375 e. The lowest BCUT2D eigenvalue weighted by atomic mass is 10.2. The maximum Gasteiger partial charge on any atom is 0.243 e. The average Bonchev–Trinajstić information content (AvgIpc) is 2.75. The fourth-order valence-corrected chi connectivity index (χ4v) is 3.79. The first kappa shape index (κ1) is 21.7. The standard InChI is InChI=1S/C23H22ClN3O2S/c1-16-18(24)10-7-12-19(16)27-23(29)15-26-22(28)14-25-20-11-5-6-13-21(20)30-17-8-3-2-4-9-17/h2-13,25H,14-15H2,1H3,(H,26,28)(H,27,29). The second-order valence-electron chi connectivity index (χ2n) is 6.50. The fourth-order valence-electron chi connectivity index (χ4n) is 2.67. The Morgan fingerprint density at radius 2 is 1.53 bits per heavy atom. The molecule has 3 aromatic rings. The molecule has 0 aliphatic rings. The van der Waals surface area contributed by atoms with Gasteiger partial charge in [-0.3, -0.25) is 9.59 Å². The second-order valence-corrected chi connectivity index (χ2v) is 8.02. The summed E-state index contributed by atoms with van der Waals surface area (Å²) >= 11 is 7.68. The van der Waals surface area contributed by atoms with Crippen LogP contribution in [0.1, 0.15) is 5.56 Å². The van der Waals surface area contributed by atoms with Crippen molar-refractivity contribution >= 4 is 46.6 Å². The van der Waals surface area contributed by atoms with E-state index < -0.39 is 0 Å². The third-order valence-corrected chi connectivity index (χ3v) is 5.78. The summed E-state index contributed by atoms with van der Waals surface area (Å²) in [7, 11) is 0. The smallest absolute Gasteiger partial charge is 0.243 e. The number of carbonyl (C=O) groups excluding carboxylic acids is 2. The molecule has 3 N–H and O–H groups in total. The van der Waals surface area contributed by atoms with E-state index in [2.05, 4.69) is 16.0 Å². The molecule has 5 nitrogen and oxygen atoms in total. The van der Waals surface area contributed by atoms with Crippen molar-refractivity contribution in [2.24, 2.45) is 0 Å². The van der Waals surface area contributed by atoms with Crippen LogP contribution >= 0.6 is 23.4 Å².